The number of nitrogens with zero attached hydrogens (tertiary/aromatic N) is 2. The second kappa shape index (κ2) is 7.28. The van der Waals surface area contributed by atoms with E-state index in [1.54, 1.807) is 18.2 Å². The zero-order valence-electron chi connectivity index (χ0n) is 17.0. The first kappa shape index (κ1) is 20.2. The van der Waals surface area contributed by atoms with Gasteiger partial charge >= 0.3 is 0 Å². The first-order chi connectivity index (χ1) is 14.2. The van der Waals surface area contributed by atoms with Crippen LogP contribution >= 0.6 is 0 Å². The van der Waals surface area contributed by atoms with E-state index in [2.05, 4.69) is 10.3 Å². The van der Waals surface area contributed by atoms with Crippen LogP contribution in [0.5, 0.6) is 5.88 Å². The van der Waals surface area contributed by atoms with E-state index < -0.39 is 15.6 Å². The molecule has 0 saturated heterocycles. The second-order valence-corrected chi connectivity index (χ2v) is 9.99. The van der Waals surface area contributed by atoms with Gasteiger partial charge in [0.25, 0.3) is 15.9 Å². The van der Waals surface area contributed by atoms with Gasteiger partial charge in [0, 0.05) is 17.1 Å². The van der Waals surface area contributed by atoms with Crippen LogP contribution < -0.4 is 14.4 Å². The number of amides is 1. The van der Waals surface area contributed by atoms with Crippen molar-refractivity contribution in [1.29, 1.82) is 0 Å². The first-order valence-corrected chi connectivity index (χ1v) is 11.1. The summed E-state index contributed by atoms with van der Waals surface area (Å²) in [6.45, 7) is 5.92. The molecule has 0 radical (unpaired) electrons. The molecule has 2 aromatic carbocycles. The molecule has 1 aliphatic heterocycles. The molecule has 0 bridgehead atoms. The third-order valence-electron chi connectivity index (χ3n) is 4.70. The Balaban J connectivity index is 1.80. The Labute approximate surface area is 175 Å². The zero-order chi connectivity index (χ0) is 21.5. The van der Waals surface area contributed by atoms with E-state index in [1.807, 2.05) is 45.0 Å². The molecule has 156 valence electrons. The number of hydrogen-bond acceptors (Lipinski definition) is 5. The number of nitrogens with one attached hydrogen (secondary N) is 1. The van der Waals surface area contributed by atoms with Crippen LogP contribution in [0.2, 0.25) is 0 Å². The SMILES string of the molecule is CC(C)(C)NC(=O)c1cnc2c(c1)N(S(=O)(=O)c1cccc3ccccc13)CCO2. The van der Waals surface area contributed by atoms with E-state index in [9.17, 15) is 13.2 Å². The number of carbonyl (C=O) groups is 1. The minimum Gasteiger partial charge on any atom is -0.474 e. The van der Waals surface area contributed by atoms with Crippen LogP contribution in [0.1, 0.15) is 31.1 Å². The van der Waals surface area contributed by atoms with Gasteiger partial charge in [0.2, 0.25) is 5.88 Å². The summed E-state index contributed by atoms with van der Waals surface area (Å²) in [5.41, 5.74) is 0.0983. The van der Waals surface area contributed by atoms with Crippen LogP contribution in [0.15, 0.2) is 59.6 Å². The van der Waals surface area contributed by atoms with Crippen molar-refractivity contribution in [3.8, 4) is 5.88 Å². The monoisotopic (exact) mass is 425 g/mol. The third-order valence-corrected chi connectivity index (χ3v) is 6.57. The van der Waals surface area contributed by atoms with Crippen LogP contribution in [0.3, 0.4) is 0 Å². The molecule has 7 nitrogen and oxygen atoms in total. The molecule has 1 aromatic heterocycles. The van der Waals surface area contributed by atoms with E-state index in [-0.39, 0.29) is 41.1 Å². The molecule has 8 heteroatoms. The van der Waals surface area contributed by atoms with E-state index in [0.717, 1.165) is 5.39 Å². The summed E-state index contributed by atoms with van der Waals surface area (Å²) in [5, 5.41) is 4.34. The Morgan fingerprint density at radius 1 is 1.13 bits per heavy atom. The number of aromatic nitrogens is 1. The normalized spacial score (nSPS) is 14.2. The lowest BCUT2D eigenvalue weighted by Crippen LogP contribution is -2.41. The van der Waals surface area contributed by atoms with E-state index in [1.165, 1.54) is 16.6 Å². The Morgan fingerprint density at radius 3 is 2.63 bits per heavy atom. The summed E-state index contributed by atoms with van der Waals surface area (Å²) in [6, 6.07) is 14.0. The average molecular weight is 426 g/mol. The fourth-order valence-corrected chi connectivity index (χ4v) is 5.06. The summed E-state index contributed by atoms with van der Waals surface area (Å²) >= 11 is 0. The molecule has 2 heterocycles. The summed E-state index contributed by atoms with van der Waals surface area (Å²) in [4.78, 5) is 17.0. The lowest BCUT2D eigenvalue weighted by atomic mass is 10.1. The molecule has 0 saturated carbocycles. The van der Waals surface area contributed by atoms with Gasteiger partial charge in [0.1, 0.15) is 12.3 Å². The van der Waals surface area contributed by atoms with Crippen molar-refractivity contribution in [2.75, 3.05) is 17.5 Å². The number of rotatable bonds is 3. The van der Waals surface area contributed by atoms with Crippen molar-refractivity contribution in [3.05, 3.63) is 60.3 Å². The van der Waals surface area contributed by atoms with Crippen LogP contribution in [-0.4, -0.2) is 38.0 Å². The summed E-state index contributed by atoms with van der Waals surface area (Å²) in [7, 11) is -3.90. The summed E-state index contributed by atoms with van der Waals surface area (Å²) in [5.74, 6) is -0.136. The van der Waals surface area contributed by atoms with Gasteiger partial charge in [-0.15, -0.1) is 0 Å². The van der Waals surface area contributed by atoms with Crippen LogP contribution in [0.4, 0.5) is 5.69 Å². The number of fused-ring (bicyclic) bond motifs is 2. The molecule has 1 aliphatic rings. The highest BCUT2D eigenvalue weighted by molar-refractivity contribution is 7.93. The third kappa shape index (κ3) is 3.70. The van der Waals surface area contributed by atoms with Gasteiger partial charge in [-0.3, -0.25) is 9.10 Å². The Morgan fingerprint density at radius 2 is 1.87 bits per heavy atom. The molecule has 0 spiro atoms. The second-order valence-electron chi connectivity index (χ2n) is 8.16. The average Bonchev–Trinajstić information content (AvgIpc) is 2.71. The van der Waals surface area contributed by atoms with E-state index in [4.69, 9.17) is 4.74 Å². The Hall–Kier alpha value is -3.13. The Kier molecular flexibility index (Phi) is 4.89. The van der Waals surface area contributed by atoms with Crippen molar-refractivity contribution >= 4 is 32.4 Å². The van der Waals surface area contributed by atoms with E-state index >= 15 is 0 Å². The summed E-state index contributed by atoms with van der Waals surface area (Å²) < 4.78 is 34.1. The Bertz CT molecular complexity index is 1230. The van der Waals surface area contributed by atoms with Crippen LogP contribution in [-0.2, 0) is 10.0 Å². The smallest absolute Gasteiger partial charge is 0.265 e. The molecule has 0 atom stereocenters. The maximum absolute atomic E-state index is 13.6. The zero-order valence-corrected chi connectivity index (χ0v) is 17.9. The van der Waals surface area contributed by atoms with Crippen LogP contribution in [0.25, 0.3) is 10.8 Å². The summed E-state index contributed by atoms with van der Waals surface area (Å²) in [6.07, 6.45) is 1.40. The van der Waals surface area contributed by atoms with Gasteiger partial charge in [0.15, 0.2) is 0 Å². The fourth-order valence-electron chi connectivity index (χ4n) is 3.40. The van der Waals surface area contributed by atoms with Crippen molar-refractivity contribution in [1.82, 2.24) is 10.3 Å². The number of pyridine rings is 1. The number of anilines is 1. The highest BCUT2D eigenvalue weighted by atomic mass is 32.2. The molecule has 0 aliphatic carbocycles. The molecule has 30 heavy (non-hydrogen) atoms. The lowest BCUT2D eigenvalue weighted by Gasteiger charge is -2.30. The molecule has 4 rings (SSSR count). The van der Waals surface area contributed by atoms with Gasteiger partial charge in [-0.1, -0.05) is 36.4 Å². The number of carbonyl (C=O) groups excluding carboxylic acids is 1. The molecule has 1 amide bonds. The van der Waals surface area contributed by atoms with Gasteiger partial charge in [-0.2, -0.15) is 0 Å². The largest absolute Gasteiger partial charge is 0.474 e. The maximum atomic E-state index is 13.6. The van der Waals surface area contributed by atoms with Gasteiger partial charge in [-0.05, 0) is 38.3 Å². The molecule has 3 aromatic rings. The standard InChI is InChI=1S/C22H23N3O4S/c1-22(2,3)24-20(26)16-13-18-21(23-14-16)29-12-11-25(18)30(27,28)19-10-6-8-15-7-4-5-9-17(15)19/h4-10,13-14H,11-12H2,1-3H3,(H,24,26). The first-order valence-electron chi connectivity index (χ1n) is 9.63. The quantitative estimate of drug-likeness (QED) is 0.695. The van der Waals surface area contributed by atoms with Crippen molar-refractivity contribution in [3.63, 3.8) is 0 Å². The topological polar surface area (TPSA) is 88.6 Å². The van der Waals surface area contributed by atoms with Crippen LogP contribution in [0, 0.1) is 0 Å². The molecular formula is C22H23N3O4S. The fraction of sp³-hybridized carbons (Fsp3) is 0.273. The maximum Gasteiger partial charge on any atom is 0.265 e. The highest BCUT2D eigenvalue weighted by Gasteiger charge is 2.33. The van der Waals surface area contributed by atoms with Crippen molar-refractivity contribution < 1.29 is 17.9 Å². The molecule has 0 fully saturated rings. The minimum absolute atomic E-state index is 0.130. The predicted molar refractivity (Wildman–Crippen MR) is 115 cm³/mol. The van der Waals surface area contributed by atoms with Crippen molar-refractivity contribution in [2.45, 2.75) is 31.2 Å². The molecule has 0 unspecified atom stereocenters. The minimum atomic E-state index is -3.90. The van der Waals surface area contributed by atoms with Gasteiger partial charge < -0.3 is 10.1 Å². The highest BCUT2D eigenvalue weighted by Crippen LogP contribution is 2.36. The van der Waals surface area contributed by atoms with Crippen molar-refractivity contribution in [2.24, 2.45) is 0 Å². The number of benzene rings is 2. The molecule has 1 N–H and O–H groups in total. The molecular weight excluding hydrogens is 402 g/mol. The van der Waals surface area contributed by atoms with Gasteiger partial charge in [-0.25, -0.2) is 13.4 Å². The number of sulfonamides is 1. The van der Waals surface area contributed by atoms with E-state index in [0.29, 0.717) is 5.39 Å². The lowest BCUT2D eigenvalue weighted by molar-refractivity contribution is 0.0919. The van der Waals surface area contributed by atoms with Gasteiger partial charge in [0.05, 0.1) is 17.0 Å². The number of ether oxygens (including phenoxy) is 1. The number of hydrogen-bond donors (Lipinski definition) is 1. The predicted octanol–water partition coefficient (Wildman–Crippen LogP) is 3.35.